The van der Waals surface area contributed by atoms with Crippen molar-refractivity contribution in [3.8, 4) is 16.9 Å². The van der Waals surface area contributed by atoms with Gasteiger partial charge in [0, 0.05) is 37.7 Å². The zero-order valence-corrected chi connectivity index (χ0v) is 19.2. The van der Waals surface area contributed by atoms with Crippen molar-refractivity contribution >= 4 is 11.7 Å². The molecule has 6 heteroatoms. The molecule has 0 atom stereocenters. The highest BCUT2D eigenvalue weighted by molar-refractivity contribution is 5.94. The van der Waals surface area contributed by atoms with Gasteiger partial charge in [0.25, 0.3) is 0 Å². The third-order valence-corrected chi connectivity index (χ3v) is 6.21. The number of ether oxygens (including phenoxy) is 1. The van der Waals surface area contributed by atoms with Gasteiger partial charge in [-0.1, -0.05) is 38.1 Å². The SMILES string of the molecule is CC(C)(CCOc1ccc(-c2ccc(F)cc2)cc1)CCN1CCN(c2ccncc2)C1=O. The third-order valence-electron chi connectivity index (χ3n) is 6.21. The van der Waals surface area contributed by atoms with E-state index >= 15 is 0 Å². The normalized spacial score (nSPS) is 14.1. The van der Waals surface area contributed by atoms with Crippen molar-refractivity contribution in [2.75, 3.05) is 31.1 Å². The maximum atomic E-state index is 13.1. The molecular weight excluding hydrogens is 417 g/mol. The van der Waals surface area contributed by atoms with Crippen LogP contribution in [-0.2, 0) is 0 Å². The van der Waals surface area contributed by atoms with Crippen LogP contribution in [0.25, 0.3) is 11.1 Å². The zero-order valence-electron chi connectivity index (χ0n) is 19.2. The summed E-state index contributed by atoms with van der Waals surface area (Å²) in [6.07, 6.45) is 5.23. The van der Waals surface area contributed by atoms with E-state index in [1.54, 1.807) is 24.5 Å². The topological polar surface area (TPSA) is 45.7 Å². The Hall–Kier alpha value is -3.41. The number of amides is 2. The van der Waals surface area contributed by atoms with Gasteiger partial charge in [-0.05, 0) is 65.8 Å². The predicted molar refractivity (Wildman–Crippen MR) is 129 cm³/mol. The van der Waals surface area contributed by atoms with Gasteiger partial charge >= 0.3 is 6.03 Å². The van der Waals surface area contributed by atoms with Gasteiger partial charge in [0.2, 0.25) is 0 Å². The number of carbonyl (C=O) groups is 1. The van der Waals surface area contributed by atoms with Crippen LogP contribution in [0.1, 0.15) is 26.7 Å². The van der Waals surface area contributed by atoms with Crippen LogP contribution in [0, 0.1) is 11.2 Å². The summed E-state index contributed by atoms with van der Waals surface area (Å²) >= 11 is 0. The summed E-state index contributed by atoms with van der Waals surface area (Å²) in [5.74, 6) is 0.584. The van der Waals surface area contributed by atoms with Crippen molar-refractivity contribution < 1.29 is 13.9 Å². The lowest BCUT2D eigenvalue weighted by molar-refractivity contribution is 0.188. The van der Waals surface area contributed by atoms with Crippen LogP contribution >= 0.6 is 0 Å². The lowest BCUT2D eigenvalue weighted by atomic mass is 9.86. The van der Waals surface area contributed by atoms with Crippen molar-refractivity contribution in [2.24, 2.45) is 5.41 Å². The van der Waals surface area contributed by atoms with Gasteiger partial charge in [-0.3, -0.25) is 9.88 Å². The van der Waals surface area contributed by atoms with E-state index in [1.807, 2.05) is 46.2 Å². The molecule has 1 aromatic heterocycles. The number of nitrogens with zero attached hydrogens (tertiary/aromatic N) is 3. The van der Waals surface area contributed by atoms with Crippen LogP contribution in [0.5, 0.6) is 5.75 Å². The Balaban J connectivity index is 1.22. The van der Waals surface area contributed by atoms with Crippen LogP contribution in [0.2, 0.25) is 0 Å². The molecule has 0 N–H and O–H groups in total. The van der Waals surface area contributed by atoms with Gasteiger partial charge in [0.15, 0.2) is 0 Å². The second-order valence-electron chi connectivity index (χ2n) is 9.17. The average Bonchev–Trinajstić information content (AvgIpc) is 3.19. The molecule has 0 saturated carbocycles. The van der Waals surface area contributed by atoms with E-state index in [4.69, 9.17) is 4.74 Å². The first kappa shape index (κ1) is 22.8. The number of carbonyl (C=O) groups excluding carboxylic acids is 1. The molecule has 3 aromatic rings. The third kappa shape index (κ3) is 5.89. The second-order valence-corrected chi connectivity index (χ2v) is 9.17. The highest BCUT2D eigenvalue weighted by atomic mass is 19.1. The molecule has 1 aliphatic heterocycles. The lowest BCUT2D eigenvalue weighted by Crippen LogP contribution is -2.34. The van der Waals surface area contributed by atoms with Crippen LogP contribution in [0.15, 0.2) is 73.1 Å². The minimum Gasteiger partial charge on any atom is -0.494 e. The van der Waals surface area contributed by atoms with Crippen LogP contribution in [0.4, 0.5) is 14.9 Å². The molecule has 172 valence electrons. The van der Waals surface area contributed by atoms with Crippen LogP contribution in [0.3, 0.4) is 0 Å². The van der Waals surface area contributed by atoms with Crippen molar-refractivity contribution in [3.63, 3.8) is 0 Å². The number of aromatic nitrogens is 1. The van der Waals surface area contributed by atoms with Crippen molar-refractivity contribution in [1.29, 1.82) is 0 Å². The number of hydrogen-bond donors (Lipinski definition) is 0. The second kappa shape index (κ2) is 10.0. The fraction of sp³-hybridized carbons (Fsp3) is 0.333. The van der Waals surface area contributed by atoms with Crippen molar-refractivity contribution in [2.45, 2.75) is 26.7 Å². The fourth-order valence-electron chi connectivity index (χ4n) is 3.95. The highest BCUT2D eigenvalue weighted by Crippen LogP contribution is 2.28. The van der Waals surface area contributed by atoms with Gasteiger partial charge in [0.1, 0.15) is 11.6 Å². The maximum absolute atomic E-state index is 13.1. The number of hydrogen-bond acceptors (Lipinski definition) is 3. The summed E-state index contributed by atoms with van der Waals surface area (Å²) in [5.41, 5.74) is 2.95. The first-order chi connectivity index (χ1) is 15.9. The molecule has 0 radical (unpaired) electrons. The Kier molecular flexibility index (Phi) is 6.92. The van der Waals surface area contributed by atoms with Crippen molar-refractivity contribution in [1.82, 2.24) is 9.88 Å². The van der Waals surface area contributed by atoms with Crippen molar-refractivity contribution in [3.05, 3.63) is 78.9 Å². The molecule has 1 fully saturated rings. The Morgan fingerprint density at radius 2 is 1.55 bits per heavy atom. The largest absolute Gasteiger partial charge is 0.494 e. The fourth-order valence-corrected chi connectivity index (χ4v) is 3.95. The molecule has 33 heavy (non-hydrogen) atoms. The average molecular weight is 448 g/mol. The zero-order chi connectivity index (χ0) is 23.3. The maximum Gasteiger partial charge on any atom is 0.324 e. The van der Waals surface area contributed by atoms with E-state index in [0.29, 0.717) is 13.2 Å². The minimum atomic E-state index is -0.235. The van der Waals surface area contributed by atoms with E-state index in [1.165, 1.54) is 12.1 Å². The molecule has 0 aliphatic carbocycles. The number of pyridine rings is 1. The summed E-state index contributed by atoms with van der Waals surface area (Å²) < 4.78 is 19.1. The van der Waals surface area contributed by atoms with E-state index in [2.05, 4.69) is 18.8 Å². The quantitative estimate of drug-likeness (QED) is 0.403. The Labute approximate surface area is 194 Å². The highest BCUT2D eigenvalue weighted by Gasteiger charge is 2.30. The standard InChI is InChI=1S/C27H30FN3O2/c1-27(2,13-17-30-18-19-31(26(30)32)24-11-15-29-16-12-24)14-20-33-25-9-5-22(6-10-25)21-3-7-23(28)8-4-21/h3-12,15-16H,13-14,17-20H2,1-2H3. The number of benzene rings is 2. The number of rotatable bonds is 9. The Morgan fingerprint density at radius 1 is 0.909 bits per heavy atom. The van der Waals surface area contributed by atoms with Gasteiger partial charge in [-0.2, -0.15) is 0 Å². The Bertz CT molecular complexity index is 1050. The van der Waals surface area contributed by atoms with Crippen LogP contribution < -0.4 is 9.64 Å². The molecule has 1 saturated heterocycles. The smallest absolute Gasteiger partial charge is 0.324 e. The molecule has 0 unspecified atom stereocenters. The van der Waals surface area contributed by atoms with E-state index in [9.17, 15) is 9.18 Å². The molecule has 2 amide bonds. The summed E-state index contributed by atoms with van der Waals surface area (Å²) in [7, 11) is 0. The van der Waals surface area contributed by atoms with E-state index in [0.717, 1.165) is 48.5 Å². The molecule has 0 spiro atoms. The number of halogens is 1. The molecule has 1 aliphatic rings. The summed E-state index contributed by atoms with van der Waals surface area (Å²) in [4.78, 5) is 20.5. The van der Waals surface area contributed by atoms with Gasteiger partial charge in [0.05, 0.1) is 6.61 Å². The first-order valence-corrected chi connectivity index (χ1v) is 11.4. The number of anilines is 1. The molecule has 0 bridgehead atoms. The summed E-state index contributed by atoms with van der Waals surface area (Å²) in [6.45, 7) is 7.23. The molecule has 4 rings (SSSR count). The molecule has 5 nitrogen and oxygen atoms in total. The van der Waals surface area contributed by atoms with Gasteiger partial charge in [-0.25, -0.2) is 9.18 Å². The monoisotopic (exact) mass is 447 g/mol. The first-order valence-electron chi connectivity index (χ1n) is 11.4. The Morgan fingerprint density at radius 3 is 2.21 bits per heavy atom. The predicted octanol–water partition coefficient (Wildman–Crippen LogP) is 6.02. The summed E-state index contributed by atoms with van der Waals surface area (Å²) in [6, 6.07) is 18.2. The van der Waals surface area contributed by atoms with Gasteiger partial charge in [-0.15, -0.1) is 0 Å². The minimum absolute atomic E-state index is 0.0540. The number of urea groups is 1. The summed E-state index contributed by atoms with van der Waals surface area (Å²) in [5, 5.41) is 0. The van der Waals surface area contributed by atoms with Gasteiger partial charge < -0.3 is 9.64 Å². The molecular formula is C27H30FN3O2. The van der Waals surface area contributed by atoms with E-state index < -0.39 is 0 Å². The molecule has 2 aromatic carbocycles. The van der Waals surface area contributed by atoms with Crippen LogP contribution in [-0.4, -0.2) is 42.2 Å². The van der Waals surface area contributed by atoms with E-state index in [-0.39, 0.29) is 17.3 Å². The lowest BCUT2D eigenvalue weighted by Gasteiger charge is -2.27. The molecule has 2 heterocycles.